The maximum absolute atomic E-state index is 13.7. The number of nitrogens with two attached hydrogens (primary N) is 1. The van der Waals surface area contributed by atoms with E-state index in [-0.39, 0.29) is 5.88 Å². The van der Waals surface area contributed by atoms with Crippen LogP contribution in [0.2, 0.25) is 5.02 Å². The molecule has 0 aliphatic rings. The van der Waals surface area contributed by atoms with E-state index < -0.39 is 5.67 Å². The Kier molecular flexibility index (Phi) is 2.83. The summed E-state index contributed by atoms with van der Waals surface area (Å²) in [6.45, 7) is 2.96. The quantitative estimate of drug-likeness (QED) is 0.887. The fraction of sp³-hybridized carbons (Fsp3) is 0.250. The molecular weight excluding hydrogens is 243 g/mol. The van der Waals surface area contributed by atoms with Crippen LogP contribution >= 0.6 is 11.6 Å². The Morgan fingerprint density at radius 1 is 1.35 bits per heavy atom. The van der Waals surface area contributed by atoms with Gasteiger partial charge in [0.25, 0.3) is 0 Å². The van der Waals surface area contributed by atoms with Crippen molar-refractivity contribution in [3.05, 3.63) is 35.0 Å². The first-order valence-corrected chi connectivity index (χ1v) is 5.47. The van der Waals surface area contributed by atoms with E-state index in [0.717, 1.165) is 0 Å². The maximum atomic E-state index is 13.7. The van der Waals surface area contributed by atoms with Crippen molar-refractivity contribution in [3.8, 4) is 11.1 Å². The molecule has 0 radical (unpaired) electrons. The molecule has 2 aromatic rings. The van der Waals surface area contributed by atoms with Crippen LogP contribution in [0.5, 0.6) is 0 Å². The second kappa shape index (κ2) is 4.04. The number of anilines is 1. The summed E-state index contributed by atoms with van der Waals surface area (Å²) in [5.74, 6) is 0.194. The molecule has 0 fully saturated rings. The fourth-order valence-corrected chi connectivity index (χ4v) is 1.84. The van der Waals surface area contributed by atoms with Gasteiger partial charge >= 0.3 is 0 Å². The molecule has 0 spiro atoms. The number of nitrogen functional groups attached to an aromatic ring is 1. The van der Waals surface area contributed by atoms with Crippen molar-refractivity contribution in [2.75, 3.05) is 5.73 Å². The van der Waals surface area contributed by atoms with Crippen molar-refractivity contribution in [3.63, 3.8) is 0 Å². The molecule has 17 heavy (non-hydrogen) atoms. The number of nitrogens with zero attached hydrogens (tertiary/aromatic N) is 1. The summed E-state index contributed by atoms with van der Waals surface area (Å²) < 4.78 is 18.5. The summed E-state index contributed by atoms with van der Waals surface area (Å²) in [5, 5.41) is 4.00. The molecule has 5 heteroatoms. The van der Waals surface area contributed by atoms with Crippen LogP contribution in [-0.2, 0) is 5.67 Å². The summed E-state index contributed by atoms with van der Waals surface area (Å²) in [5.41, 5.74) is 5.98. The van der Waals surface area contributed by atoms with Crippen LogP contribution < -0.4 is 5.73 Å². The molecule has 0 saturated heterocycles. The molecule has 3 nitrogen and oxygen atoms in total. The van der Waals surface area contributed by atoms with Crippen LogP contribution in [-0.4, -0.2) is 5.16 Å². The fourth-order valence-electron chi connectivity index (χ4n) is 1.55. The highest BCUT2D eigenvalue weighted by molar-refractivity contribution is 6.33. The average Bonchev–Trinajstić information content (AvgIpc) is 2.63. The van der Waals surface area contributed by atoms with E-state index >= 15 is 0 Å². The lowest BCUT2D eigenvalue weighted by Crippen LogP contribution is -2.08. The molecular formula is C12H12ClFN2O. The lowest BCUT2D eigenvalue weighted by molar-refractivity contribution is 0.221. The number of halogens is 2. The Labute approximate surface area is 103 Å². The van der Waals surface area contributed by atoms with Crippen molar-refractivity contribution < 1.29 is 8.91 Å². The van der Waals surface area contributed by atoms with Crippen LogP contribution in [0.4, 0.5) is 10.3 Å². The predicted octanol–water partition coefficient (Wildman–Crippen LogP) is 3.78. The summed E-state index contributed by atoms with van der Waals surface area (Å²) in [4.78, 5) is 0. The number of aromatic nitrogens is 1. The highest BCUT2D eigenvalue weighted by Gasteiger charge is 2.20. The Hall–Kier alpha value is -1.55. The smallest absolute Gasteiger partial charge is 0.230 e. The molecule has 0 amide bonds. The zero-order chi connectivity index (χ0) is 12.6. The maximum Gasteiger partial charge on any atom is 0.230 e. The Morgan fingerprint density at radius 3 is 2.53 bits per heavy atom. The van der Waals surface area contributed by atoms with Crippen LogP contribution in [0.3, 0.4) is 0 Å². The molecule has 0 unspecified atom stereocenters. The Balaban J connectivity index is 2.50. The van der Waals surface area contributed by atoms with Crippen molar-refractivity contribution in [2.45, 2.75) is 19.5 Å². The number of benzene rings is 1. The summed E-state index contributed by atoms with van der Waals surface area (Å²) in [7, 11) is 0. The second-order valence-corrected chi connectivity index (χ2v) is 4.68. The van der Waals surface area contributed by atoms with E-state index in [4.69, 9.17) is 21.9 Å². The monoisotopic (exact) mass is 254 g/mol. The number of rotatable bonds is 2. The van der Waals surface area contributed by atoms with Gasteiger partial charge in [0.2, 0.25) is 5.88 Å². The van der Waals surface area contributed by atoms with E-state index in [1.54, 1.807) is 18.2 Å². The molecule has 2 rings (SSSR count). The van der Waals surface area contributed by atoms with Gasteiger partial charge in [0.05, 0.1) is 11.8 Å². The van der Waals surface area contributed by atoms with Gasteiger partial charge in [-0.1, -0.05) is 28.9 Å². The zero-order valence-electron chi connectivity index (χ0n) is 9.50. The largest absolute Gasteiger partial charge is 0.367 e. The normalized spacial score (nSPS) is 11.8. The zero-order valence-corrected chi connectivity index (χ0v) is 10.3. The van der Waals surface area contributed by atoms with E-state index in [1.807, 2.05) is 0 Å². The molecule has 90 valence electrons. The number of hydrogen-bond acceptors (Lipinski definition) is 3. The van der Waals surface area contributed by atoms with Gasteiger partial charge in [-0.25, -0.2) is 4.39 Å². The minimum atomic E-state index is -1.43. The van der Waals surface area contributed by atoms with Crippen molar-refractivity contribution in [1.82, 2.24) is 5.16 Å². The van der Waals surface area contributed by atoms with Gasteiger partial charge in [0.1, 0.15) is 5.67 Å². The van der Waals surface area contributed by atoms with Gasteiger partial charge in [-0.2, -0.15) is 0 Å². The first-order valence-electron chi connectivity index (χ1n) is 5.09. The van der Waals surface area contributed by atoms with Gasteiger partial charge in [0, 0.05) is 10.6 Å². The van der Waals surface area contributed by atoms with Crippen LogP contribution in [0.1, 0.15) is 19.4 Å². The first kappa shape index (κ1) is 11.9. The van der Waals surface area contributed by atoms with Gasteiger partial charge in [0.15, 0.2) is 0 Å². The molecule has 0 aliphatic heterocycles. The molecule has 0 atom stereocenters. The van der Waals surface area contributed by atoms with Gasteiger partial charge in [-0.05, 0) is 25.5 Å². The SMILES string of the molecule is CC(C)(F)c1ccc(-c2cnoc2N)c(Cl)c1. The number of alkyl halides is 1. The van der Waals surface area contributed by atoms with Crippen LogP contribution in [0, 0.1) is 0 Å². The van der Waals surface area contributed by atoms with Crippen molar-refractivity contribution in [1.29, 1.82) is 0 Å². The predicted molar refractivity (Wildman–Crippen MR) is 65.5 cm³/mol. The van der Waals surface area contributed by atoms with E-state index in [0.29, 0.717) is 21.7 Å². The molecule has 0 bridgehead atoms. The molecule has 1 heterocycles. The molecule has 0 saturated carbocycles. The third-order valence-corrected chi connectivity index (χ3v) is 2.86. The van der Waals surface area contributed by atoms with E-state index in [1.165, 1.54) is 20.0 Å². The van der Waals surface area contributed by atoms with Crippen molar-refractivity contribution >= 4 is 17.5 Å². The van der Waals surface area contributed by atoms with Gasteiger partial charge in [-0.15, -0.1) is 0 Å². The standard InChI is InChI=1S/C12H12ClFN2O/c1-12(2,14)7-3-4-8(10(13)5-7)9-6-16-17-11(9)15/h3-6H,15H2,1-2H3. The minimum Gasteiger partial charge on any atom is -0.367 e. The number of hydrogen-bond donors (Lipinski definition) is 1. The first-order chi connectivity index (χ1) is 7.89. The highest BCUT2D eigenvalue weighted by atomic mass is 35.5. The second-order valence-electron chi connectivity index (χ2n) is 4.27. The van der Waals surface area contributed by atoms with Crippen molar-refractivity contribution in [2.24, 2.45) is 0 Å². The third-order valence-electron chi connectivity index (χ3n) is 2.54. The summed E-state index contributed by atoms with van der Waals surface area (Å²) in [6.07, 6.45) is 1.48. The topological polar surface area (TPSA) is 52.0 Å². The van der Waals surface area contributed by atoms with E-state index in [2.05, 4.69) is 5.16 Å². The molecule has 0 aliphatic carbocycles. The summed E-state index contributed by atoms with van der Waals surface area (Å²) >= 11 is 6.11. The lowest BCUT2D eigenvalue weighted by atomic mass is 9.97. The molecule has 1 aromatic carbocycles. The van der Waals surface area contributed by atoms with Gasteiger partial charge in [-0.3, -0.25) is 0 Å². The van der Waals surface area contributed by atoms with E-state index in [9.17, 15) is 4.39 Å². The Morgan fingerprint density at radius 2 is 2.06 bits per heavy atom. The molecule has 1 aromatic heterocycles. The lowest BCUT2D eigenvalue weighted by Gasteiger charge is -2.15. The average molecular weight is 255 g/mol. The minimum absolute atomic E-state index is 0.194. The van der Waals surface area contributed by atoms with Crippen LogP contribution in [0.15, 0.2) is 28.9 Å². The van der Waals surface area contributed by atoms with Crippen LogP contribution in [0.25, 0.3) is 11.1 Å². The Bertz CT molecular complexity index is 546. The summed E-state index contributed by atoms with van der Waals surface area (Å²) in [6, 6.07) is 4.97. The molecule has 2 N–H and O–H groups in total. The highest BCUT2D eigenvalue weighted by Crippen LogP contribution is 2.35. The third kappa shape index (κ3) is 2.26. The van der Waals surface area contributed by atoms with Gasteiger partial charge < -0.3 is 10.3 Å².